The van der Waals surface area contributed by atoms with Crippen LogP contribution < -0.4 is 16.6 Å². The highest BCUT2D eigenvalue weighted by Gasteiger charge is 2.17. The topological polar surface area (TPSA) is 50.1 Å². The molecule has 0 aliphatic heterocycles. The maximum Gasteiger partial charge on any atom is 0.181 e. The van der Waals surface area contributed by atoms with Crippen molar-refractivity contribution in [2.45, 2.75) is 52.0 Å². The first-order chi connectivity index (χ1) is 6.02. The summed E-state index contributed by atoms with van der Waals surface area (Å²) in [5.74, 6) is 5.18. The molecule has 0 atom stereocenters. The molecule has 0 saturated heterocycles. The van der Waals surface area contributed by atoms with Crippen LogP contribution in [0.2, 0.25) is 0 Å². The third-order valence-electron chi connectivity index (χ3n) is 1.99. The smallest absolute Gasteiger partial charge is 0.181 e. The molecule has 0 fully saturated rings. The van der Waals surface area contributed by atoms with Crippen molar-refractivity contribution in [2.75, 3.05) is 0 Å². The van der Waals surface area contributed by atoms with Crippen LogP contribution in [-0.4, -0.2) is 10.7 Å². The minimum absolute atomic E-state index is 0.0403. The van der Waals surface area contributed by atoms with Gasteiger partial charge in [-0.05, 0) is 32.5 Å². The third kappa shape index (κ3) is 6.78. The lowest BCUT2D eigenvalue weighted by Gasteiger charge is -2.27. The Kier molecular flexibility index (Phi) is 5.99. The Labute approximate surface area is 86.4 Å². The highest BCUT2D eigenvalue weighted by Crippen LogP contribution is 2.13. The van der Waals surface area contributed by atoms with E-state index in [9.17, 15) is 0 Å². The van der Waals surface area contributed by atoms with E-state index in [1.54, 1.807) is 0 Å². The van der Waals surface area contributed by atoms with Gasteiger partial charge >= 0.3 is 0 Å². The van der Waals surface area contributed by atoms with E-state index in [4.69, 9.17) is 18.1 Å². The van der Waals surface area contributed by atoms with Crippen LogP contribution >= 0.6 is 12.2 Å². The minimum Gasteiger partial charge on any atom is -0.357 e. The number of nitrogens with two attached hydrogens (primary N) is 1. The molecule has 0 aromatic heterocycles. The highest BCUT2D eigenvalue weighted by atomic mass is 32.1. The van der Waals surface area contributed by atoms with Crippen LogP contribution in [0.4, 0.5) is 0 Å². The zero-order valence-corrected chi connectivity index (χ0v) is 9.63. The van der Waals surface area contributed by atoms with Gasteiger partial charge in [-0.2, -0.15) is 0 Å². The van der Waals surface area contributed by atoms with Gasteiger partial charge in [0.2, 0.25) is 0 Å². The zero-order chi connectivity index (χ0) is 10.3. The molecular formula is C9H21N3S. The second-order valence-corrected chi connectivity index (χ2v) is 4.35. The van der Waals surface area contributed by atoms with E-state index < -0.39 is 0 Å². The fourth-order valence-corrected chi connectivity index (χ4v) is 1.50. The maximum absolute atomic E-state index is 5.18. The van der Waals surface area contributed by atoms with Crippen molar-refractivity contribution in [2.24, 2.45) is 5.84 Å². The average Bonchev–Trinajstić information content (AvgIpc) is 2.03. The van der Waals surface area contributed by atoms with Gasteiger partial charge in [0, 0.05) is 5.54 Å². The molecular weight excluding hydrogens is 182 g/mol. The number of hydrogen-bond donors (Lipinski definition) is 3. The number of hydrazine groups is 1. The molecule has 4 heteroatoms. The molecule has 0 aromatic carbocycles. The van der Waals surface area contributed by atoms with Gasteiger partial charge in [-0.25, -0.2) is 5.84 Å². The summed E-state index contributed by atoms with van der Waals surface area (Å²) in [5.41, 5.74) is 2.47. The van der Waals surface area contributed by atoms with Gasteiger partial charge in [-0.1, -0.05) is 26.2 Å². The summed E-state index contributed by atoms with van der Waals surface area (Å²) in [6.07, 6.45) is 4.86. The Bertz CT molecular complexity index is 157. The predicted molar refractivity (Wildman–Crippen MR) is 61.3 cm³/mol. The van der Waals surface area contributed by atoms with Crippen LogP contribution in [0.5, 0.6) is 0 Å². The summed E-state index contributed by atoms with van der Waals surface area (Å²) >= 11 is 4.93. The van der Waals surface area contributed by atoms with Crippen LogP contribution in [0.15, 0.2) is 0 Å². The molecule has 78 valence electrons. The molecule has 0 amide bonds. The Balaban J connectivity index is 3.72. The Morgan fingerprint density at radius 2 is 2.00 bits per heavy atom. The van der Waals surface area contributed by atoms with Crippen molar-refractivity contribution in [1.29, 1.82) is 0 Å². The van der Waals surface area contributed by atoms with E-state index in [2.05, 4.69) is 31.5 Å². The first-order valence-electron chi connectivity index (χ1n) is 4.80. The first-order valence-corrected chi connectivity index (χ1v) is 5.21. The van der Waals surface area contributed by atoms with Crippen LogP contribution in [0, 0.1) is 0 Å². The number of rotatable bonds is 5. The second-order valence-electron chi connectivity index (χ2n) is 3.94. The lowest BCUT2D eigenvalue weighted by Crippen LogP contribution is -2.50. The molecule has 3 nitrogen and oxygen atoms in total. The van der Waals surface area contributed by atoms with Crippen molar-refractivity contribution in [3.8, 4) is 0 Å². The standard InChI is InChI=1S/C9H21N3S/c1-4-5-6-7-9(2,3)11-8(13)12-10/h4-7,10H2,1-3H3,(H2,11,12,13). The van der Waals surface area contributed by atoms with Crippen molar-refractivity contribution >= 4 is 17.3 Å². The largest absolute Gasteiger partial charge is 0.357 e. The van der Waals surface area contributed by atoms with Crippen LogP contribution in [0.25, 0.3) is 0 Å². The third-order valence-corrected chi connectivity index (χ3v) is 2.21. The summed E-state index contributed by atoms with van der Waals surface area (Å²) in [7, 11) is 0. The molecule has 0 unspecified atom stereocenters. The fourth-order valence-electron chi connectivity index (χ4n) is 1.22. The van der Waals surface area contributed by atoms with Crippen molar-refractivity contribution in [1.82, 2.24) is 10.7 Å². The Morgan fingerprint density at radius 1 is 1.38 bits per heavy atom. The van der Waals surface area contributed by atoms with Gasteiger partial charge in [-0.3, -0.25) is 0 Å². The summed E-state index contributed by atoms with van der Waals surface area (Å²) in [6, 6.07) is 0. The number of nitrogens with one attached hydrogen (secondary N) is 2. The highest BCUT2D eigenvalue weighted by molar-refractivity contribution is 7.80. The summed E-state index contributed by atoms with van der Waals surface area (Å²) in [4.78, 5) is 0. The van der Waals surface area contributed by atoms with Gasteiger partial charge < -0.3 is 10.7 Å². The molecule has 0 heterocycles. The summed E-state index contributed by atoms with van der Waals surface area (Å²) < 4.78 is 0. The molecule has 0 aliphatic rings. The first kappa shape index (κ1) is 12.7. The Hall–Kier alpha value is -0.350. The predicted octanol–water partition coefficient (Wildman–Crippen LogP) is 1.68. The SMILES string of the molecule is CCCCCC(C)(C)NC(=S)NN. The summed E-state index contributed by atoms with van der Waals surface area (Å²) in [5, 5.41) is 3.68. The van der Waals surface area contributed by atoms with E-state index in [0.717, 1.165) is 6.42 Å². The van der Waals surface area contributed by atoms with E-state index in [1.807, 2.05) is 0 Å². The fraction of sp³-hybridized carbons (Fsp3) is 0.889. The molecule has 0 saturated carbocycles. The van der Waals surface area contributed by atoms with Crippen LogP contribution in [0.3, 0.4) is 0 Å². The van der Waals surface area contributed by atoms with Crippen LogP contribution in [-0.2, 0) is 0 Å². The molecule has 0 radical (unpaired) electrons. The van der Waals surface area contributed by atoms with E-state index >= 15 is 0 Å². The maximum atomic E-state index is 5.18. The van der Waals surface area contributed by atoms with Gasteiger partial charge in [0.15, 0.2) is 5.11 Å². The van der Waals surface area contributed by atoms with E-state index in [-0.39, 0.29) is 5.54 Å². The molecule has 0 aliphatic carbocycles. The van der Waals surface area contributed by atoms with E-state index in [0.29, 0.717) is 5.11 Å². The average molecular weight is 203 g/mol. The normalized spacial score (nSPS) is 11.1. The van der Waals surface area contributed by atoms with Gasteiger partial charge in [0.25, 0.3) is 0 Å². The number of hydrogen-bond acceptors (Lipinski definition) is 2. The second kappa shape index (κ2) is 6.16. The lowest BCUT2D eigenvalue weighted by atomic mass is 9.97. The van der Waals surface area contributed by atoms with Crippen LogP contribution in [0.1, 0.15) is 46.5 Å². The minimum atomic E-state index is 0.0403. The molecule has 0 aromatic rings. The van der Waals surface area contributed by atoms with E-state index in [1.165, 1.54) is 19.3 Å². The van der Waals surface area contributed by atoms with Crippen molar-refractivity contribution in [3.63, 3.8) is 0 Å². The lowest BCUT2D eigenvalue weighted by molar-refractivity contribution is 0.403. The molecule has 0 bridgehead atoms. The van der Waals surface area contributed by atoms with Crippen molar-refractivity contribution < 1.29 is 0 Å². The van der Waals surface area contributed by atoms with Gasteiger partial charge in [-0.15, -0.1) is 0 Å². The number of unbranched alkanes of at least 4 members (excludes halogenated alkanes) is 2. The zero-order valence-electron chi connectivity index (χ0n) is 8.81. The van der Waals surface area contributed by atoms with Crippen molar-refractivity contribution in [3.05, 3.63) is 0 Å². The Morgan fingerprint density at radius 3 is 2.46 bits per heavy atom. The number of thiocarbonyl (C=S) groups is 1. The molecule has 4 N–H and O–H groups in total. The quantitative estimate of drug-likeness (QED) is 0.275. The molecule has 0 rings (SSSR count). The summed E-state index contributed by atoms with van der Waals surface area (Å²) in [6.45, 7) is 6.46. The van der Waals surface area contributed by atoms with Gasteiger partial charge in [0.1, 0.15) is 0 Å². The monoisotopic (exact) mass is 203 g/mol. The van der Waals surface area contributed by atoms with Gasteiger partial charge in [0.05, 0.1) is 0 Å². The molecule has 0 spiro atoms. The molecule has 13 heavy (non-hydrogen) atoms.